The standard InChI is InChI=1S/C18H21BrClN5O5/c1-18(2,3)30-17(27)23-4-5-24(10(8-23)9-26)15-11-6-13(20)12(19)7-14(11)21-22-16(15)25(28)29/h6-7,10,26H,4-5,8-9H2,1-3H3/t10-/m1/s1. The molecule has 1 N–H and O–H groups in total. The second-order valence-corrected chi connectivity index (χ2v) is 9.13. The summed E-state index contributed by atoms with van der Waals surface area (Å²) in [6, 6.07) is 2.61. The van der Waals surface area contributed by atoms with Gasteiger partial charge < -0.3 is 29.8 Å². The lowest BCUT2D eigenvalue weighted by atomic mass is 10.1. The van der Waals surface area contributed by atoms with Crippen molar-refractivity contribution in [2.75, 3.05) is 31.1 Å². The number of hydrogen-bond donors (Lipinski definition) is 1. The SMILES string of the molecule is CC(C)(C)OC(=O)N1CCN(c2c([N+](=O)[O-])nnc3cc(Br)c(Cl)cc23)[C@@H](CO)C1. The number of rotatable bonds is 3. The van der Waals surface area contributed by atoms with Gasteiger partial charge in [0.05, 0.1) is 22.8 Å². The minimum absolute atomic E-state index is 0.136. The van der Waals surface area contributed by atoms with E-state index in [2.05, 4.69) is 26.1 Å². The smallest absolute Gasteiger partial charge is 0.414 e. The molecule has 10 nitrogen and oxygen atoms in total. The lowest BCUT2D eigenvalue weighted by molar-refractivity contribution is -0.389. The van der Waals surface area contributed by atoms with Crippen LogP contribution in [0.2, 0.25) is 5.02 Å². The summed E-state index contributed by atoms with van der Waals surface area (Å²) in [5, 5.41) is 30.2. The van der Waals surface area contributed by atoms with Crippen molar-refractivity contribution < 1.29 is 19.6 Å². The first kappa shape index (κ1) is 22.4. The molecule has 2 aromatic rings. The third kappa shape index (κ3) is 4.57. The number of anilines is 1. The predicted octanol–water partition coefficient (Wildman–Crippen LogP) is 3.37. The summed E-state index contributed by atoms with van der Waals surface area (Å²) in [6.07, 6.45) is -0.500. The van der Waals surface area contributed by atoms with E-state index in [4.69, 9.17) is 16.3 Å². The maximum atomic E-state index is 12.4. The lowest BCUT2D eigenvalue weighted by Crippen LogP contribution is -2.57. The maximum Gasteiger partial charge on any atom is 0.414 e. The number of aliphatic hydroxyl groups excluding tert-OH is 1. The number of halogens is 2. The Hall–Kier alpha value is -2.24. The summed E-state index contributed by atoms with van der Waals surface area (Å²) in [7, 11) is 0. The normalized spacial score (nSPS) is 17.3. The Labute approximate surface area is 186 Å². The molecule has 0 bridgehead atoms. The molecule has 162 valence electrons. The zero-order valence-corrected chi connectivity index (χ0v) is 19.0. The van der Waals surface area contributed by atoms with Crippen LogP contribution in [0.25, 0.3) is 10.9 Å². The van der Waals surface area contributed by atoms with Crippen LogP contribution in [-0.2, 0) is 4.74 Å². The van der Waals surface area contributed by atoms with Crippen LogP contribution < -0.4 is 4.90 Å². The molecule has 1 atom stereocenters. The van der Waals surface area contributed by atoms with Crippen LogP contribution >= 0.6 is 27.5 Å². The molecule has 3 rings (SSSR count). The van der Waals surface area contributed by atoms with Crippen molar-refractivity contribution in [2.45, 2.75) is 32.4 Å². The Morgan fingerprint density at radius 2 is 2.10 bits per heavy atom. The van der Waals surface area contributed by atoms with Gasteiger partial charge >= 0.3 is 11.9 Å². The molecule has 0 aliphatic carbocycles. The molecule has 0 unspecified atom stereocenters. The largest absolute Gasteiger partial charge is 0.444 e. The van der Waals surface area contributed by atoms with Crippen LogP contribution in [0.3, 0.4) is 0 Å². The Morgan fingerprint density at radius 1 is 1.40 bits per heavy atom. The first-order valence-electron chi connectivity index (χ1n) is 9.17. The molecule has 0 spiro atoms. The highest BCUT2D eigenvalue weighted by Gasteiger charge is 2.36. The van der Waals surface area contributed by atoms with Crippen LogP contribution in [0.5, 0.6) is 0 Å². The fourth-order valence-electron chi connectivity index (χ4n) is 3.28. The van der Waals surface area contributed by atoms with Crippen molar-refractivity contribution in [2.24, 2.45) is 0 Å². The second kappa shape index (κ2) is 8.48. The van der Waals surface area contributed by atoms with Crippen molar-refractivity contribution in [1.29, 1.82) is 0 Å². The van der Waals surface area contributed by atoms with Gasteiger partial charge in [0, 0.05) is 29.5 Å². The fraction of sp³-hybridized carbons (Fsp3) is 0.500. The van der Waals surface area contributed by atoms with Crippen molar-refractivity contribution >= 4 is 56.0 Å². The van der Waals surface area contributed by atoms with Crippen LogP contribution in [0, 0.1) is 10.1 Å². The summed E-state index contributed by atoms with van der Waals surface area (Å²) in [5.41, 5.74) is -0.0303. The molecule has 12 heteroatoms. The van der Waals surface area contributed by atoms with Crippen molar-refractivity contribution in [3.63, 3.8) is 0 Å². The molecule has 0 saturated carbocycles. The number of hydrogen-bond acceptors (Lipinski definition) is 8. The van der Waals surface area contributed by atoms with E-state index in [0.29, 0.717) is 20.4 Å². The summed E-state index contributed by atoms with van der Waals surface area (Å²) < 4.78 is 5.99. The van der Waals surface area contributed by atoms with Gasteiger partial charge in [-0.25, -0.2) is 4.79 Å². The van der Waals surface area contributed by atoms with E-state index < -0.39 is 28.5 Å². The molecule has 2 heterocycles. The molecule has 1 aromatic heterocycles. The first-order chi connectivity index (χ1) is 14.0. The molecule has 1 aliphatic heterocycles. The number of piperazine rings is 1. The minimum Gasteiger partial charge on any atom is -0.444 e. The van der Waals surface area contributed by atoms with Crippen molar-refractivity contribution in [3.05, 3.63) is 31.7 Å². The third-order valence-electron chi connectivity index (χ3n) is 4.56. The van der Waals surface area contributed by atoms with Gasteiger partial charge in [-0.3, -0.25) is 0 Å². The van der Waals surface area contributed by atoms with Gasteiger partial charge in [0.15, 0.2) is 0 Å². The average Bonchev–Trinajstić information content (AvgIpc) is 2.66. The average molecular weight is 503 g/mol. The van der Waals surface area contributed by atoms with Gasteiger partial charge in [0.25, 0.3) is 0 Å². The number of fused-ring (bicyclic) bond motifs is 1. The van der Waals surface area contributed by atoms with Gasteiger partial charge in [0.1, 0.15) is 16.8 Å². The van der Waals surface area contributed by atoms with E-state index in [0.717, 1.165) is 0 Å². The molecule has 1 aliphatic rings. The Morgan fingerprint density at radius 3 is 2.70 bits per heavy atom. The van der Waals surface area contributed by atoms with Crippen molar-refractivity contribution in [1.82, 2.24) is 15.1 Å². The number of aromatic nitrogens is 2. The molecule has 1 saturated heterocycles. The Kier molecular flexibility index (Phi) is 6.34. The number of nitrogens with zero attached hydrogens (tertiary/aromatic N) is 5. The fourth-order valence-corrected chi connectivity index (χ4v) is 3.78. The third-order valence-corrected chi connectivity index (χ3v) is 5.76. The van der Waals surface area contributed by atoms with Crippen LogP contribution in [0.1, 0.15) is 20.8 Å². The number of amides is 1. The summed E-state index contributed by atoms with van der Waals surface area (Å²) in [4.78, 5) is 26.7. The first-order valence-corrected chi connectivity index (χ1v) is 10.3. The molecule has 1 amide bonds. The quantitative estimate of drug-likeness (QED) is 0.501. The Balaban J connectivity index is 2.02. The maximum absolute atomic E-state index is 12.4. The number of carbonyl (C=O) groups is 1. The van der Waals surface area contributed by atoms with Crippen LogP contribution in [-0.4, -0.2) is 69.1 Å². The van der Waals surface area contributed by atoms with Gasteiger partial charge in [-0.2, -0.15) is 0 Å². The lowest BCUT2D eigenvalue weighted by Gasteiger charge is -2.41. The highest BCUT2D eigenvalue weighted by molar-refractivity contribution is 9.10. The topological polar surface area (TPSA) is 122 Å². The number of ether oxygens (including phenoxy) is 1. The molecule has 30 heavy (non-hydrogen) atoms. The van der Waals surface area contributed by atoms with Gasteiger partial charge in [-0.1, -0.05) is 11.6 Å². The molecule has 1 aromatic carbocycles. The number of carbonyl (C=O) groups excluding carboxylic acids is 1. The number of nitro groups is 1. The van der Waals surface area contributed by atoms with Gasteiger partial charge in [-0.05, 0) is 58.9 Å². The van der Waals surface area contributed by atoms with E-state index >= 15 is 0 Å². The highest BCUT2D eigenvalue weighted by Crippen LogP contribution is 2.38. The zero-order chi connectivity index (χ0) is 22.2. The molecule has 1 fully saturated rings. The van der Waals surface area contributed by atoms with Crippen LogP contribution in [0.15, 0.2) is 16.6 Å². The Bertz CT molecular complexity index is 999. The molecular formula is C18H21BrClN5O5. The highest BCUT2D eigenvalue weighted by atomic mass is 79.9. The monoisotopic (exact) mass is 501 g/mol. The van der Waals surface area contributed by atoms with Crippen LogP contribution in [0.4, 0.5) is 16.3 Å². The summed E-state index contributed by atoms with van der Waals surface area (Å²) in [6.45, 7) is 5.61. The molecule has 0 radical (unpaired) electrons. The van der Waals surface area contributed by atoms with Gasteiger partial charge in [0.2, 0.25) is 0 Å². The van der Waals surface area contributed by atoms with E-state index in [1.165, 1.54) is 4.90 Å². The predicted molar refractivity (Wildman–Crippen MR) is 115 cm³/mol. The molecular weight excluding hydrogens is 482 g/mol. The van der Waals surface area contributed by atoms with Gasteiger partial charge in [-0.15, -0.1) is 0 Å². The van der Waals surface area contributed by atoms with E-state index in [1.807, 2.05) is 0 Å². The summed E-state index contributed by atoms with van der Waals surface area (Å²) in [5.74, 6) is -0.440. The number of benzene rings is 1. The second-order valence-electron chi connectivity index (χ2n) is 7.87. The van der Waals surface area contributed by atoms with E-state index in [9.17, 15) is 20.0 Å². The number of aliphatic hydroxyl groups is 1. The zero-order valence-electron chi connectivity index (χ0n) is 16.6. The minimum atomic E-state index is -0.656. The van der Waals surface area contributed by atoms with E-state index in [-0.39, 0.29) is 31.9 Å². The van der Waals surface area contributed by atoms with E-state index in [1.54, 1.807) is 37.8 Å². The summed E-state index contributed by atoms with van der Waals surface area (Å²) >= 11 is 9.54. The van der Waals surface area contributed by atoms with Crippen molar-refractivity contribution in [3.8, 4) is 0 Å².